The Morgan fingerprint density at radius 3 is 2.28 bits per heavy atom. The highest BCUT2D eigenvalue weighted by Gasteiger charge is 2.40. The number of rotatable bonds is 6. The van der Waals surface area contributed by atoms with E-state index in [0.29, 0.717) is 26.2 Å². The van der Waals surface area contributed by atoms with Crippen LogP contribution >= 0.6 is 11.6 Å². The van der Waals surface area contributed by atoms with Gasteiger partial charge in [-0.15, -0.1) is 0 Å². The number of hydrogen-bond acceptors (Lipinski definition) is 8. The highest BCUT2D eigenvalue weighted by molar-refractivity contribution is 6.34. The second-order valence-electron chi connectivity index (χ2n) is 10.9. The number of ether oxygens (including phenoxy) is 1. The number of halogens is 4. The lowest BCUT2D eigenvalue weighted by Crippen LogP contribution is -2.48. The average Bonchev–Trinajstić information content (AvgIpc) is 3.44. The van der Waals surface area contributed by atoms with Gasteiger partial charge in [-0.2, -0.15) is 13.2 Å². The van der Waals surface area contributed by atoms with Crippen LogP contribution in [0, 0.1) is 11.8 Å². The normalized spacial score (nSPS) is 18.1. The van der Waals surface area contributed by atoms with E-state index in [0.717, 1.165) is 24.4 Å². The molecule has 0 spiro atoms. The largest absolute Gasteiger partial charge is 0.483 e. The van der Waals surface area contributed by atoms with Crippen molar-refractivity contribution in [3.05, 3.63) is 58.6 Å². The third-order valence-corrected chi connectivity index (χ3v) is 8.22. The molecule has 1 aliphatic carbocycles. The zero-order valence-electron chi connectivity index (χ0n) is 25.5. The van der Waals surface area contributed by atoms with Crippen LogP contribution in [-0.2, 0) is 22.8 Å². The Hall–Kier alpha value is -4.70. The van der Waals surface area contributed by atoms with Crippen molar-refractivity contribution < 1.29 is 42.2 Å². The minimum Gasteiger partial charge on any atom is -0.483 e. The first-order valence-corrected chi connectivity index (χ1v) is 14.8. The van der Waals surface area contributed by atoms with Crippen LogP contribution in [0.2, 0.25) is 5.02 Å². The second-order valence-corrected chi connectivity index (χ2v) is 11.3. The van der Waals surface area contributed by atoms with E-state index in [9.17, 15) is 27.6 Å². The molecule has 3 amide bonds. The molecular formula is C30H33ClF3N7O6. The number of aromatic nitrogens is 3. The van der Waals surface area contributed by atoms with E-state index in [1.807, 2.05) is 0 Å². The van der Waals surface area contributed by atoms with Crippen molar-refractivity contribution >= 4 is 42.0 Å². The Morgan fingerprint density at radius 1 is 1.11 bits per heavy atom. The fourth-order valence-corrected chi connectivity index (χ4v) is 5.53. The summed E-state index contributed by atoms with van der Waals surface area (Å²) in [7, 11) is 2.61. The number of carboxylic acid groups (broad SMARTS) is 1. The van der Waals surface area contributed by atoms with E-state index < -0.39 is 17.8 Å². The molecule has 0 radical (unpaired) electrons. The summed E-state index contributed by atoms with van der Waals surface area (Å²) in [6.45, 7) is 3.95. The van der Waals surface area contributed by atoms with Crippen molar-refractivity contribution in [2.45, 2.75) is 12.6 Å². The summed E-state index contributed by atoms with van der Waals surface area (Å²) in [6.07, 6.45) is -1.37. The van der Waals surface area contributed by atoms with E-state index in [2.05, 4.69) is 20.6 Å². The minimum absolute atomic E-state index is 0.0197. The number of alkyl halides is 3. The number of benzene rings is 1. The summed E-state index contributed by atoms with van der Waals surface area (Å²) in [5.74, 6) is 0.834. The molecular weight excluding hydrogens is 647 g/mol. The predicted octanol–water partition coefficient (Wildman–Crippen LogP) is 3.26. The van der Waals surface area contributed by atoms with Crippen LogP contribution < -0.4 is 15.4 Å². The summed E-state index contributed by atoms with van der Waals surface area (Å²) in [6, 6.07) is 6.83. The molecule has 1 aromatic carbocycles. The molecule has 13 nitrogen and oxygen atoms in total. The Kier molecular flexibility index (Phi) is 11.4. The zero-order valence-corrected chi connectivity index (χ0v) is 26.2. The number of methoxy groups -OCH3 is 1. The Labute approximate surface area is 272 Å². The number of imidazole rings is 1. The van der Waals surface area contributed by atoms with Crippen LogP contribution in [-0.4, -0.2) is 101 Å². The maximum absolute atomic E-state index is 13.6. The zero-order chi connectivity index (χ0) is 34.3. The van der Waals surface area contributed by atoms with Gasteiger partial charge in [-0.25, -0.2) is 9.97 Å². The lowest BCUT2D eigenvalue weighted by molar-refractivity contribution is -0.140. The SMILES string of the molecule is C1NCC2CC12.COc1ccc(-c2cnc(C(=O)Nc3ccc(C(=O)N4CCN(C=O)CC4)c(Cl)c3)n2C)c(C(F)(F)F)n1.O=CO. The highest BCUT2D eigenvalue weighted by Crippen LogP contribution is 2.40. The van der Waals surface area contributed by atoms with Crippen LogP contribution in [0.3, 0.4) is 0 Å². The van der Waals surface area contributed by atoms with Gasteiger partial charge in [-0.3, -0.25) is 19.2 Å². The van der Waals surface area contributed by atoms with E-state index in [1.54, 1.807) is 9.80 Å². The summed E-state index contributed by atoms with van der Waals surface area (Å²) in [5, 5.41) is 12.9. The standard InChI is InChI=1S/C24H22ClF3N6O4.C5H9N.CH2O2/c1-32-18(16-5-6-19(38-2)31-20(16)24(26,27)28)12-29-21(32)22(36)30-14-3-4-15(17(25)11-14)23(37)34-9-7-33(13-35)8-10-34;1-4-2-6-3-5(1)4;2-1-3/h3-6,11-13H,7-10H2,1-2H3,(H,30,36);4-6H,1-3H2;1H,(H,2,3). The molecule has 47 heavy (non-hydrogen) atoms. The molecule has 2 atom stereocenters. The third kappa shape index (κ3) is 8.56. The number of hydrogen-bond donors (Lipinski definition) is 3. The van der Waals surface area contributed by atoms with E-state index in [1.165, 1.54) is 68.6 Å². The van der Waals surface area contributed by atoms with Crippen LogP contribution in [0.4, 0.5) is 18.9 Å². The molecule has 3 fully saturated rings. The fraction of sp³-hybridized carbons (Fsp3) is 0.400. The highest BCUT2D eigenvalue weighted by atomic mass is 35.5. The molecule has 2 unspecified atom stereocenters. The molecule has 3 aromatic rings. The quantitative estimate of drug-likeness (QED) is 0.333. The Balaban J connectivity index is 0.000000477. The Bertz CT molecular complexity index is 1600. The van der Waals surface area contributed by atoms with Crippen LogP contribution in [0.25, 0.3) is 11.3 Å². The fourth-order valence-electron chi connectivity index (χ4n) is 5.27. The predicted molar refractivity (Wildman–Crippen MR) is 164 cm³/mol. The molecule has 252 valence electrons. The minimum atomic E-state index is -4.77. The number of nitrogens with one attached hydrogen (secondary N) is 2. The first-order valence-electron chi connectivity index (χ1n) is 14.4. The van der Waals surface area contributed by atoms with Crippen molar-refractivity contribution in [3.8, 4) is 17.1 Å². The van der Waals surface area contributed by atoms with Crippen molar-refractivity contribution in [1.29, 1.82) is 0 Å². The monoisotopic (exact) mass is 679 g/mol. The summed E-state index contributed by atoms with van der Waals surface area (Å²) in [5.41, 5.74) is -0.936. The van der Waals surface area contributed by atoms with Crippen LogP contribution in [0.15, 0.2) is 36.5 Å². The first kappa shape index (κ1) is 35.2. The van der Waals surface area contributed by atoms with Crippen LogP contribution in [0.5, 0.6) is 5.88 Å². The van der Waals surface area contributed by atoms with E-state index in [4.69, 9.17) is 26.2 Å². The van der Waals surface area contributed by atoms with Gasteiger partial charge in [0.05, 0.1) is 29.6 Å². The van der Waals surface area contributed by atoms with Gasteiger partial charge < -0.3 is 34.8 Å². The molecule has 0 bridgehead atoms. The van der Waals surface area contributed by atoms with Gasteiger partial charge in [-0.05, 0) is 55.6 Å². The van der Waals surface area contributed by atoms with Gasteiger partial charge in [0, 0.05) is 50.5 Å². The molecule has 4 heterocycles. The Morgan fingerprint density at radius 2 is 1.77 bits per heavy atom. The van der Waals surface area contributed by atoms with Gasteiger partial charge >= 0.3 is 6.18 Å². The molecule has 2 aliphatic heterocycles. The first-order chi connectivity index (χ1) is 22.4. The van der Waals surface area contributed by atoms with Crippen molar-refractivity contribution in [2.75, 3.05) is 51.7 Å². The number of carbonyl (C=O) groups excluding carboxylic acids is 3. The number of fused-ring (bicyclic) bond motifs is 1. The van der Waals surface area contributed by atoms with Gasteiger partial charge in [0.15, 0.2) is 11.5 Å². The number of piperidine rings is 1. The van der Waals surface area contributed by atoms with Crippen molar-refractivity contribution in [1.82, 2.24) is 29.7 Å². The molecule has 3 aliphatic rings. The van der Waals surface area contributed by atoms with E-state index in [-0.39, 0.29) is 51.6 Å². The number of carbonyl (C=O) groups is 4. The number of nitrogens with zero attached hydrogens (tertiary/aromatic N) is 5. The smallest absolute Gasteiger partial charge is 0.434 e. The van der Waals surface area contributed by atoms with Gasteiger partial charge in [0.1, 0.15) is 0 Å². The molecule has 6 rings (SSSR count). The lowest BCUT2D eigenvalue weighted by Gasteiger charge is -2.32. The number of piperazine rings is 1. The topological polar surface area (TPSA) is 159 Å². The second kappa shape index (κ2) is 15.3. The average molecular weight is 680 g/mol. The molecule has 3 N–H and O–H groups in total. The maximum atomic E-state index is 13.6. The van der Waals surface area contributed by atoms with Crippen molar-refractivity contribution in [2.24, 2.45) is 18.9 Å². The third-order valence-electron chi connectivity index (χ3n) is 7.90. The molecule has 2 saturated heterocycles. The number of pyridine rings is 1. The molecule has 1 saturated carbocycles. The summed E-state index contributed by atoms with van der Waals surface area (Å²) in [4.78, 5) is 55.6. The van der Waals surface area contributed by atoms with Crippen molar-refractivity contribution in [3.63, 3.8) is 0 Å². The van der Waals surface area contributed by atoms with Crippen LogP contribution in [0.1, 0.15) is 33.1 Å². The molecule has 2 aromatic heterocycles. The molecule has 17 heteroatoms. The lowest BCUT2D eigenvalue weighted by atomic mass is 10.1. The summed E-state index contributed by atoms with van der Waals surface area (Å²) >= 11 is 6.32. The van der Waals surface area contributed by atoms with Gasteiger partial charge in [0.25, 0.3) is 18.3 Å². The number of amides is 3. The summed E-state index contributed by atoms with van der Waals surface area (Å²) < 4.78 is 46.9. The van der Waals surface area contributed by atoms with Gasteiger partial charge in [-0.1, -0.05) is 11.6 Å². The van der Waals surface area contributed by atoms with Gasteiger partial charge in [0.2, 0.25) is 12.3 Å². The number of anilines is 1. The van der Waals surface area contributed by atoms with E-state index >= 15 is 0 Å². The maximum Gasteiger partial charge on any atom is 0.434 e.